The molecule has 0 aliphatic heterocycles. The van der Waals surface area contributed by atoms with Crippen molar-refractivity contribution >= 4 is 34.0 Å². The highest BCUT2D eigenvalue weighted by Gasteiger charge is 2.49. The molecule has 3 N–H and O–H groups in total. The minimum atomic E-state index is 0.619. The van der Waals surface area contributed by atoms with Gasteiger partial charge in [-0.25, -0.2) is 0 Å². The topological polar surface area (TPSA) is 41.8 Å². The summed E-state index contributed by atoms with van der Waals surface area (Å²) in [5.41, 5.74) is 10.3. The molecule has 0 saturated heterocycles. The van der Waals surface area contributed by atoms with Crippen LogP contribution >= 0.6 is 11.6 Å². The van der Waals surface area contributed by atoms with Crippen molar-refractivity contribution in [1.29, 1.82) is 0 Å². The maximum Gasteiger partial charge on any atom is 0.0691 e. The number of H-pyrrole nitrogens is 1. The Morgan fingerprint density at radius 2 is 1.81 bits per heavy atom. The van der Waals surface area contributed by atoms with Crippen LogP contribution in [0.5, 0.6) is 0 Å². The molecular formula is C29H35ClN2. The van der Waals surface area contributed by atoms with Gasteiger partial charge in [-0.1, -0.05) is 79.6 Å². The fourth-order valence-electron chi connectivity index (χ4n) is 5.13. The van der Waals surface area contributed by atoms with Crippen LogP contribution < -0.4 is 16.3 Å². The molecule has 2 atom stereocenters. The number of aromatic amines is 1. The Labute approximate surface area is 196 Å². The maximum absolute atomic E-state index is 6.53. The number of nitrogens with two attached hydrogens (primary N) is 1. The molecule has 3 aromatic rings. The van der Waals surface area contributed by atoms with E-state index in [9.17, 15) is 0 Å². The molecule has 2 saturated carbocycles. The van der Waals surface area contributed by atoms with Crippen molar-refractivity contribution in [3.8, 4) is 0 Å². The lowest BCUT2D eigenvalue weighted by atomic mass is 10.0. The molecule has 0 radical (unpaired) electrons. The fraction of sp³-hybridized carbons (Fsp3) is 0.379. The van der Waals surface area contributed by atoms with Crippen molar-refractivity contribution < 1.29 is 0 Å². The third-order valence-corrected chi connectivity index (χ3v) is 7.38. The Morgan fingerprint density at radius 1 is 1.12 bits per heavy atom. The van der Waals surface area contributed by atoms with Crippen LogP contribution in [0, 0.1) is 11.8 Å². The minimum Gasteiger partial charge on any atom is -0.357 e. The first kappa shape index (κ1) is 22.9. The van der Waals surface area contributed by atoms with E-state index in [1.54, 1.807) is 0 Å². The summed E-state index contributed by atoms with van der Waals surface area (Å²) in [6, 6.07) is 15.6. The zero-order valence-corrected chi connectivity index (χ0v) is 20.3. The van der Waals surface area contributed by atoms with Gasteiger partial charge in [-0.3, -0.25) is 0 Å². The van der Waals surface area contributed by atoms with Crippen LogP contribution in [0.15, 0.2) is 54.6 Å². The molecule has 3 heteroatoms. The fourth-order valence-corrected chi connectivity index (χ4v) is 5.60. The first-order valence-electron chi connectivity index (χ1n) is 11.9. The van der Waals surface area contributed by atoms with Crippen LogP contribution in [0.25, 0.3) is 22.4 Å². The number of aryl methyl sites for hydroxylation is 1. The SMILES string of the molecule is C=C(/C=c1/[nH]c(CC)c(Cl)c1=C(C)C)Cc1ccc2ccccc2c1.NC1C2CCCC12. The smallest absolute Gasteiger partial charge is 0.0691 e. The summed E-state index contributed by atoms with van der Waals surface area (Å²) in [7, 11) is 0. The number of nitrogens with one attached hydrogen (secondary N) is 1. The average Bonchev–Trinajstić information content (AvgIpc) is 3.11. The van der Waals surface area contributed by atoms with E-state index in [0.29, 0.717) is 6.04 Å². The summed E-state index contributed by atoms with van der Waals surface area (Å²) in [5.74, 6) is 1.92. The van der Waals surface area contributed by atoms with Crippen molar-refractivity contribution in [1.82, 2.24) is 4.98 Å². The molecule has 1 heterocycles. The molecule has 2 fully saturated rings. The van der Waals surface area contributed by atoms with Crippen molar-refractivity contribution in [3.63, 3.8) is 0 Å². The van der Waals surface area contributed by atoms with Gasteiger partial charge in [0.2, 0.25) is 0 Å². The zero-order valence-electron chi connectivity index (χ0n) is 19.5. The van der Waals surface area contributed by atoms with Crippen LogP contribution in [0.4, 0.5) is 0 Å². The number of hydrogen-bond acceptors (Lipinski definition) is 1. The summed E-state index contributed by atoms with van der Waals surface area (Å²) in [6.45, 7) is 10.6. The van der Waals surface area contributed by atoms with Gasteiger partial charge in [-0.2, -0.15) is 0 Å². The molecule has 2 aliphatic carbocycles. The molecule has 2 aromatic carbocycles. The third-order valence-electron chi connectivity index (χ3n) is 6.96. The second kappa shape index (κ2) is 9.68. The van der Waals surface area contributed by atoms with E-state index in [-0.39, 0.29) is 0 Å². The zero-order chi connectivity index (χ0) is 22.8. The van der Waals surface area contributed by atoms with Gasteiger partial charge in [0, 0.05) is 22.3 Å². The molecule has 0 spiro atoms. The normalized spacial score (nSPS) is 21.8. The number of aromatic nitrogens is 1. The second-order valence-corrected chi connectivity index (χ2v) is 9.93. The predicted molar refractivity (Wildman–Crippen MR) is 139 cm³/mol. The highest BCUT2D eigenvalue weighted by molar-refractivity contribution is 6.31. The van der Waals surface area contributed by atoms with Gasteiger partial charge >= 0.3 is 0 Å². The lowest BCUT2D eigenvalue weighted by molar-refractivity contribution is 0.674. The molecular weight excluding hydrogens is 412 g/mol. The molecule has 168 valence electrons. The van der Waals surface area contributed by atoms with Gasteiger partial charge in [0.25, 0.3) is 0 Å². The first-order valence-corrected chi connectivity index (χ1v) is 12.2. The number of halogens is 1. The number of fused-ring (bicyclic) bond motifs is 2. The number of benzene rings is 2. The molecule has 2 aliphatic rings. The van der Waals surface area contributed by atoms with Gasteiger partial charge in [0.1, 0.15) is 0 Å². The van der Waals surface area contributed by atoms with Gasteiger partial charge in [0.15, 0.2) is 0 Å². The predicted octanol–water partition coefficient (Wildman–Crippen LogP) is 5.90. The maximum atomic E-state index is 6.53. The molecule has 0 bridgehead atoms. The van der Waals surface area contributed by atoms with Crippen LogP contribution in [-0.2, 0) is 12.8 Å². The van der Waals surface area contributed by atoms with E-state index in [2.05, 4.69) is 80.9 Å². The monoisotopic (exact) mass is 446 g/mol. The molecule has 0 amide bonds. The van der Waals surface area contributed by atoms with Gasteiger partial charge < -0.3 is 10.7 Å². The Hall–Kier alpha value is -2.29. The van der Waals surface area contributed by atoms with Crippen LogP contribution in [-0.4, -0.2) is 11.0 Å². The van der Waals surface area contributed by atoms with Gasteiger partial charge in [0.05, 0.1) is 5.02 Å². The van der Waals surface area contributed by atoms with E-state index < -0.39 is 0 Å². The summed E-state index contributed by atoms with van der Waals surface area (Å²) >= 11 is 6.53. The van der Waals surface area contributed by atoms with Crippen LogP contribution in [0.2, 0.25) is 5.02 Å². The number of hydrogen-bond donors (Lipinski definition) is 2. The van der Waals surface area contributed by atoms with Crippen LogP contribution in [0.1, 0.15) is 51.3 Å². The van der Waals surface area contributed by atoms with Gasteiger partial charge in [-0.05, 0) is 79.4 Å². The van der Waals surface area contributed by atoms with E-state index in [1.165, 1.54) is 41.2 Å². The lowest BCUT2D eigenvalue weighted by Crippen LogP contribution is -2.25. The molecule has 2 nitrogen and oxygen atoms in total. The van der Waals surface area contributed by atoms with E-state index in [4.69, 9.17) is 17.3 Å². The van der Waals surface area contributed by atoms with Crippen molar-refractivity contribution in [3.05, 3.63) is 81.5 Å². The summed E-state index contributed by atoms with van der Waals surface area (Å²) in [6.07, 6.45) is 8.14. The van der Waals surface area contributed by atoms with Crippen molar-refractivity contribution in [2.75, 3.05) is 0 Å². The van der Waals surface area contributed by atoms with Crippen molar-refractivity contribution in [2.24, 2.45) is 17.6 Å². The standard InChI is InChI=1S/C23H24ClN.C6H11N/c1-5-20-23(24)22(15(2)3)21(25-20)13-16(4)12-17-10-11-18-8-6-7-9-19(18)14-17;7-6-4-2-1-3-5(4)6/h6-11,13-14,25H,4-5,12H2,1-3H3;4-6H,1-3,7H2/b21-13+;. The van der Waals surface area contributed by atoms with E-state index >= 15 is 0 Å². The quantitative estimate of drug-likeness (QED) is 0.514. The molecule has 2 unspecified atom stereocenters. The van der Waals surface area contributed by atoms with E-state index in [1.807, 2.05) is 0 Å². The summed E-state index contributed by atoms with van der Waals surface area (Å²) in [4.78, 5) is 3.46. The Kier molecular flexibility index (Phi) is 6.93. The average molecular weight is 447 g/mol. The Balaban J connectivity index is 0.000000292. The first-order chi connectivity index (χ1) is 15.4. The highest BCUT2D eigenvalue weighted by Crippen LogP contribution is 2.50. The number of rotatable bonds is 4. The number of allylic oxidation sites excluding steroid dienone is 1. The Bertz CT molecular complexity index is 1240. The van der Waals surface area contributed by atoms with Crippen molar-refractivity contribution in [2.45, 2.75) is 58.9 Å². The van der Waals surface area contributed by atoms with E-state index in [0.717, 1.165) is 51.5 Å². The van der Waals surface area contributed by atoms with Crippen LogP contribution in [0.3, 0.4) is 0 Å². The molecule has 1 aromatic heterocycles. The highest BCUT2D eigenvalue weighted by atomic mass is 35.5. The summed E-state index contributed by atoms with van der Waals surface area (Å²) in [5, 5.41) is 5.54. The lowest BCUT2D eigenvalue weighted by Gasteiger charge is -2.04. The Morgan fingerprint density at radius 3 is 2.41 bits per heavy atom. The third kappa shape index (κ3) is 4.87. The van der Waals surface area contributed by atoms with Gasteiger partial charge in [-0.15, -0.1) is 0 Å². The second-order valence-electron chi connectivity index (χ2n) is 9.56. The molecule has 32 heavy (non-hydrogen) atoms. The largest absolute Gasteiger partial charge is 0.357 e. The molecule has 5 rings (SSSR count). The minimum absolute atomic E-state index is 0.619. The summed E-state index contributed by atoms with van der Waals surface area (Å²) < 4.78 is 0.